The molecule has 2 rings (SSSR count). The number of likely N-dealkylation sites (tertiary alicyclic amines) is 1. The Kier molecular flexibility index (Phi) is 7.53. The zero-order valence-corrected chi connectivity index (χ0v) is 15.6. The first kappa shape index (κ1) is 19.2. The first-order valence-electron chi connectivity index (χ1n) is 9.78. The van der Waals surface area contributed by atoms with E-state index in [0.29, 0.717) is 5.92 Å². The van der Waals surface area contributed by atoms with Crippen molar-refractivity contribution in [3.8, 4) is 0 Å². The highest BCUT2D eigenvalue weighted by molar-refractivity contribution is 5.88. The van der Waals surface area contributed by atoms with Crippen LogP contribution >= 0.6 is 0 Å². The Morgan fingerprint density at radius 2 is 1.62 bits per heavy atom. The maximum absolute atomic E-state index is 12.3. The van der Waals surface area contributed by atoms with Crippen LogP contribution in [0.4, 0.5) is 0 Å². The largest absolute Gasteiger partial charge is 0.351 e. The average Bonchev–Trinajstić information content (AvgIpc) is 2.56. The van der Waals surface area contributed by atoms with Gasteiger partial charge in [0.25, 0.3) is 0 Å². The molecule has 0 aromatic rings. The van der Waals surface area contributed by atoms with Crippen LogP contribution in [0.1, 0.15) is 65.7 Å². The van der Waals surface area contributed by atoms with Gasteiger partial charge in [-0.3, -0.25) is 9.59 Å². The van der Waals surface area contributed by atoms with E-state index in [0.717, 1.165) is 58.2 Å². The number of hydrogen-bond acceptors (Lipinski definition) is 3. The Labute approximate surface area is 146 Å². The molecule has 138 valence electrons. The van der Waals surface area contributed by atoms with Crippen molar-refractivity contribution in [1.82, 2.24) is 15.5 Å². The number of nitrogens with one attached hydrogen (secondary N) is 2. The van der Waals surface area contributed by atoms with Crippen LogP contribution < -0.4 is 10.6 Å². The summed E-state index contributed by atoms with van der Waals surface area (Å²) in [6, 6.07) is -0.192. The summed E-state index contributed by atoms with van der Waals surface area (Å²) in [6.45, 7) is 9.51. The van der Waals surface area contributed by atoms with Crippen molar-refractivity contribution in [2.75, 3.05) is 19.6 Å². The van der Waals surface area contributed by atoms with E-state index in [4.69, 9.17) is 0 Å². The van der Waals surface area contributed by atoms with Crippen molar-refractivity contribution in [1.29, 1.82) is 0 Å². The minimum atomic E-state index is -0.437. The third-order valence-corrected chi connectivity index (χ3v) is 5.29. The molecule has 1 aliphatic carbocycles. The van der Waals surface area contributed by atoms with Crippen molar-refractivity contribution < 1.29 is 9.59 Å². The van der Waals surface area contributed by atoms with Crippen molar-refractivity contribution in [2.24, 2.45) is 11.8 Å². The smallest absolute Gasteiger partial charge is 0.242 e. The minimum absolute atomic E-state index is 0.0403. The predicted molar refractivity (Wildman–Crippen MR) is 96.6 cm³/mol. The second kappa shape index (κ2) is 9.40. The molecule has 0 radical (unpaired) electrons. The van der Waals surface area contributed by atoms with E-state index in [1.807, 2.05) is 0 Å². The van der Waals surface area contributed by atoms with Gasteiger partial charge in [0.15, 0.2) is 0 Å². The minimum Gasteiger partial charge on any atom is -0.351 e. The van der Waals surface area contributed by atoms with E-state index in [1.54, 1.807) is 6.92 Å². The summed E-state index contributed by atoms with van der Waals surface area (Å²) in [7, 11) is 0. The van der Waals surface area contributed by atoms with Gasteiger partial charge in [-0.25, -0.2) is 0 Å². The summed E-state index contributed by atoms with van der Waals surface area (Å²) in [4.78, 5) is 27.1. The maximum atomic E-state index is 12.3. The lowest BCUT2D eigenvalue weighted by Gasteiger charge is -2.33. The Hall–Kier alpha value is -1.10. The molecule has 0 aromatic carbocycles. The quantitative estimate of drug-likeness (QED) is 0.782. The highest BCUT2D eigenvalue weighted by atomic mass is 16.2. The van der Waals surface area contributed by atoms with Crippen LogP contribution in [0.3, 0.4) is 0 Å². The van der Waals surface area contributed by atoms with Crippen molar-refractivity contribution in [3.05, 3.63) is 0 Å². The number of carbonyl (C=O) groups is 2. The van der Waals surface area contributed by atoms with Gasteiger partial charge in [0.05, 0.1) is 0 Å². The summed E-state index contributed by atoms with van der Waals surface area (Å²) in [5.74, 6) is 0.810. The van der Waals surface area contributed by atoms with E-state index in [2.05, 4.69) is 29.4 Å². The molecule has 1 aliphatic heterocycles. The number of nitrogens with zero attached hydrogens (tertiary/aromatic N) is 1. The molecule has 5 heteroatoms. The lowest BCUT2D eigenvalue weighted by molar-refractivity contribution is -0.131. The van der Waals surface area contributed by atoms with Crippen molar-refractivity contribution in [3.63, 3.8) is 0 Å². The van der Waals surface area contributed by atoms with E-state index in [9.17, 15) is 9.59 Å². The normalized spacial score (nSPS) is 22.3. The molecule has 1 unspecified atom stereocenters. The van der Waals surface area contributed by atoms with Gasteiger partial charge in [0, 0.05) is 31.6 Å². The van der Waals surface area contributed by atoms with Crippen LogP contribution in [0.15, 0.2) is 0 Å². The molecule has 0 spiro atoms. The molecule has 1 saturated carbocycles. The molecular formula is C19H35N3O2. The third kappa shape index (κ3) is 6.08. The van der Waals surface area contributed by atoms with E-state index >= 15 is 0 Å². The van der Waals surface area contributed by atoms with Crippen LogP contribution in [-0.2, 0) is 9.59 Å². The first-order chi connectivity index (χ1) is 11.5. The summed E-state index contributed by atoms with van der Waals surface area (Å²) in [5, 5.41) is 6.03. The van der Waals surface area contributed by atoms with Gasteiger partial charge in [-0.05, 0) is 38.5 Å². The number of amides is 2. The zero-order chi connectivity index (χ0) is 17.5. The van der Waals surface area contributed by atoms with Crippen LogP contribution in [0, 0.1) is 11.8 Å². The topological polar surface area (TPSA) is 61.4 Å². The third-order valence-electron chi connectivity index (χ3n) is 5.29. The molecule has 2 amide bonds. The van der Waals surface area contributed by atoms with Crippen molar-refractivity contribution in [2.45, 2.75) is 77.8 Å². The predicted octanol–water partition coefficient (Wildman–Crippen LogP) is 2.31. The Morgan fingerprint density at radius 3 is 2.21 bits per heavy atom. The molecule has 1 heterocycles. The van der Waals surface area contributed by atoms with Crippen LogP contribution in [0.2, 0.25) is 0 Å². The molecule has 2 fully saturated rings. The molecule has 5 nitrogen and oxygen atoms in total. The Balaban J connectivity index is 1.69. The van der Waals surface area contributed by atoms with Crippen LogP contribution in [-0.4, -0.2) is 48.4 Å². The van der Waals surface area contributed by atoms with Gasteiger partial charge in [-0.15, -0.1) is 0 Å². The van der Waals surface area contributed by atoms with Gasteiger partial charge in [-0.2, -0.15) is 0 Å². The number of carbonyl (C=O) groups excluding carboxylic acids is 2. The fourth-order valence-electron chi connectivity index (χ4n) is 3.86. The fraction of sp³-hybridized carbons (Fsp3) is 0.895. The number of piperidine rings is 1. The lowest BCUT2D eigenvalue weighted by atomic mass is 9.88. The van der Waals surface area contributed by atoms with Crippen LogP contribution in [0.25, 0.3) is 0 Å². The fourth-order valence-corrected chi connectivity index (χ4v) is 3.86. The van der Waals surface area contributed by atoms with E-state index in [-0.39, 0.29) is 23.8 Å². The monoisotopic (exact) mass is 337 g/mol. The maximum Gasteiger partial charge on any atom is 0.242 e. The zero-order valence-electron chi connectivity index (χ0n) is 15.6. The van der Waals surface area contributed by atoms with Gasteiger partial charge < -0.3 is 15.5 Å². The van der Waals surface area contributed by atoms with Gasteiger partial charge in [0.2, 0.25) is 11.8 Å². The molecule has 1 saturated heterocycles. The summed E-state index contributed by atoms with van der Waals surface area (Å²) in [6.07, 6.45) is 7.43. The Bertz CT molecular complexity index is 411. The second-order valence-corrected chi connectivity index (χ2v) is 8.04. The second-order valence-electron chi connectivity index (χ2n) is 8.04. The number of hydrogen-bond donors (Lipinski definition) is 2. The first-order valence-corrected chi connectivity index (χ1v) is 9.78. The van der Waals surface area contributed by atoms with E-state index in [1.165, 1.54) is 6.42 Å². The van der Waals surface area contributed by atoms with Crippen LogP contribution in [0.5, 0.6) is 0 Å². The molecule has 24 heavy (non-hydrogen) atoms. The highest BCUT2D eigenvalue weighted by Crippen LogP contribution is 2.23. The van der Waals surface area contributed by atoms with Gasteiger partial charge in [-0.1, -0.05) is 33.1 Å². The summed E-state index contributed by atoms with van der Waals surface area (Å²) >= 11 is 0. The summed E-state index contributed by atoms with van der Waals surface area (Å²) < 4.78 is 0. The average molecular weight is 338 g/mol. The van der Waals surface area contributed by atoms with E-state index < -0.39 is 6.04 Å². The molecule has 2 aliphatic rings. The SMILES string of the molecule is CC(C)CN1CCC(NC(=O)C(C)NC(=O)C2CCCCC2)CC1. The Morgan fingerprint density at radius 1 is 1.00 bits per heavy atom. The number of rotatable bonds is 6. The van der Waals surface area contributed by atoms with Crippen molar-refractivity contribution >= 4 is 11.8 Å². The standard InChI is InChI=1S/C19H35N3O2/c1-14(2)13-22-11-9-17(10-12-22)21-18(23)15(3)20-19(24)16-7-5-4-6-8-16/h14-17H,4-13H2,1-3H3,(H,20,24)(H,21,23). The molecular weight excluding hydrogens is 302 g/mol. The van der Waals surface area contributed by atoms with Gasteiger partial charge in [0.1, 0.15) is 6.04 Å². The highest BCUT2D eigenvalue weighted by Gasteiger charge is 2.26. The molecule has 0 bridgehead atoms. The molecule has 2 N–H and O–H groups in total. The molecule has 0 aromatic heterocycles. The lowest BCUT2D eigenvalue weighted by Crippen LogP contribution is -2.52. The molecule has 1 atom stereocenters. The summed E-state index contributed by atoms with van der Waals surface area (Å²) in [5.41, 5.74) is 0. The van der Waals surface area contributed by atoms with Gasteiger partial charge >= 0.3 is 0 Å².